The number of hydrogen-bond donors (Lipinski definition) is 3. The predicted octanol–water partition coefficient (Wildman–Crippen LogP) is 3.53. The van der Waals surface area contributed by atoms with Crippen LogP contribution < -0.4 is 16.0 Å². The molecule has 0 saturated carbocycles. The molecule has 3 N–H and O–H groups in total. The molecule has 2 aromatic heterocycles. The van der Waals surface area contributed by atoms with Crippen LogP contribution in [0.25, 0.3) is 0 Å². The normalized spacial score (nSPS) is 10.3. The molecule has 8 heteroatoms. The third-order valence-electron chi connectivity index (χ3n) is 3.59. The van der Waals surface area contributed by atoms with E-state index in [1.54, 1.807) is 18.3 Å². The molecule has 1 amide bonds. The van der Waals surface area contributed by atoms with Crippen LogP contribution in [0, 0.1) is 6.92 Å². The van der Waals surface area contributed by atoms with Gasteiger partial charge in [-0.1, -0.05) is 18.2 Å². The first kappa shape index (κ1) is 18.8. The lowest BCUT2D eigenvalue weighted by Gasteiger charge is -2.11. The van der Waals surface area contributed by atoms with E-state index >= 15 is 0 Å². The Bertz CT molecular complexity index is 919. The van der Waals surface area contributed by atoms with Gasteiger partial charge >= 0.3 is 0 Å². The molecule has 0 unspecified atom stereocenters. The summed E-state index contributed by atoms with van der Waals surface area (Å²) in [6, 6.07) is 14.7. The molecule has 3 rings (SSSR count). The molecule has 0 saturated heterocycles. The average molecular weight is 427 g/mol. The molecule has 27 heavy (non-hydrogen) atoms. The number of carbonyl (C=O) groups excluding carboxylic acids is 1. The summed E-state index contributed by atoms with van der Waals surface area (Å²) in [7, 11) is 0. The van der Waals surface area contributed by atoms with Crippen molar-refractivity contribution < 1.29 is 4.79 Å². The second kappa shape index (κ2) is 9.09. The molecule has 2 heterocycles. The number of amides is 1. The van der Waals surface area contributed by atoms with Crippen molar-refractivity contribution in [3.8, 4) is 0 Å². The van der Waals surface area contributed by atoms with E-state index in [9.17, 15) is 4.79 Å². The van der Waals surface area contributed by atoms with Gasteiger partial charge in [-0.15, -0.1) is 0 Å². The number of aromatic nitrogens is 3. The van der Waals surface area contributed by atoms with Crippen LogP contribution in [0.4, 0.5) is 17.5 Å². The van der Waals surface area contributed by atoms with E-state index in [2.05, 4.69) is 46.8 Å². The van der Waals surface area contributed by atoms with Crippen molar-refractivity contribution in [2.45, 2.75) is 6.92 Å². The van der Waals surface area contributed by atoms with Crippen LogP contribution >= 0.6 is 15.9 Å². The maximum atomic E-state index is 12.2. The Labute approximate surface area is 165 Å². The van der Waals surface area contributed by atoms with Crippen LogP contribution in [-0.2, 0) is 0 Å². The molecule has 0 atom stereocenters. The lowest BCUT2D eigenvalue weighted by molar-refractivity contribution is 0.0954. The average Bonchev–Trinajstić information content (AvgIpc) is 2.66. The number of aryl methyl sites for hydroxylation is 1. The van der Waals surface area contributed by atoms with Gasteiger partial charge in [-0.2, -0.15) is 0 Å². The molecular formula is C19H19BrN6O. The summed E-state index contributed by atoms with van der Waals surface area (Å²) in [6.45, 7) is 2.82. The third-order valence-corrected chi connectivity index (χ3v) is 4.29. The number of benzene rings is 1. The fraction of sp³-hybridized carbons (Fsp3) is 0.158. The van der Waals surface area contributed by atoms with Gasteiger partial charge in [0.05, 0.1) is 5.56 Å². The molecule has 138 valence electrons. The first-order chi connectivity index (χ1) is 13.1. The van der Waals surface area contributed by atoms with E-state index in [-0.39, 0.29) is 5.91 Å². The van der Waals surface area contributed by atoms with Crippen molar-refractivity contribution in [2.24, 2.45) is 0 Å². The van der Waals surface area contributed by atoms with Gasteiger partial charge in [-0.05, 0) is 47.1 Å². The number of rotatable bonds is 7. The summed E-state index contributed by atoms with van der Waals surface area (Å²) in [6.07, 6.45) is 1.71. The van der Waals surface area contributed by atoms with Crippen LogP contribution in [-0.4, -0.2) is 33.9 Å². The first-order valence-corrected chi connectivity index (χ1v) is 9.21. The van der Waals surface area contributed by atoms with Crippen molar-refractivity contribution >= 4 is 39.3 Å². The Hall–Kier alpha value is -3.00. The van der Waals surface area contributed by atoms with Crippen LogP contribution in [0.3, 0.4) is 0 Å². The van der Waals surface area contributed by atoms with Crippen molar-refractivity contribution in [1.82, 2.24) is 20.3 Å². The van der Waals surface area contributed by atoms with Gasteiger partial charge in [0.2, 0.25) is 0 Å². The summed E-state index contributed by atoms with van der Waals surface area (Å²) in [5.74, 6) is 2.55. The van der Waals surface area contributed by atoms with E-state index in [0.717, 1.165) is 4.47 Å². The minimum absolute atomic E-state index is 0.124. The Morgan fingerprint density at radius 2 is 1.78 bits per heavy atom. The lowest BCUT2D eigenvalue weighted by Crippen LogP contribution is -2.29. The topological polar surface area (TPSA) is 91.8 Å². The van der Waals surface area contributed by atoms with E-state index in [1.807, 2.05) is 43.3 Å². The zero-order valence-corrected chi connectivity index (χ0v) is 16.3. The van der Waals surface area contributed by atoms with E-state index < -0.39 is 0 Å². The molecule has 0 fully saturated rings. The maximum absolute atomic E-state index is 12.2. The summed E-state index contributed by atoms with van der Waals surface area (Å²) in [5, 5.41) is 9.22. The standard InChI is InChI=1S/C19H19BrN6O/c1-13-24-17(12-18(25-13)26-16-8-4-5-9-21-16)22-10-11-23-19(27)14-6-2-3-7-15(14)20/h2-9,12H,10-11H2,1H3,(H,23,27)(H2,21,22,24,25,26). The second-order valence-electron chi connectivity index (χ2n) is 5.69. The smallest absolute Gasteiger partial charge is 0.252 e. The molecule has 0 aliphatic carbocycles. The second-order valence-corrected chi connectivity index (χ2v) is 6.54. The number of hydrogen-bond acceptors (Lipinski definition) is 6. The van der Waals surface area contributed by atoms with Crippen molar-refractivity contribution in [3.05, 3.63) is 70.6 Å². The lowest BCUT2D eigenvalue weighted by atomic mass is 10.2. The van der Waals surface area contributed by atoms with Gasteiger partial charge in [-0.3, -0.25) is 4.79 Å². The highest BCUT2D eigenvalue weighted by atomic mass is 79.9. The Morgan fingerprint density at radius 3 is 2.56 bits per heavy atom. The number of nitrogens with one attached hydrogen (secondary N) is 3. The number of nitrogens with zero attached hydrogens (tertiary/aromatic N) is 3. The highest BCUT2D eigenvalue weighted by molar-refractivity contribution is 9.10. The fourth-order valence-corrected chi connectivity index (χ4v) is 2.86. The molecular weight excluding hydrogens is 408 g/mol. The number of pyridine rings is 1. The minimum atomic E-state index is -0.124. The summed E-state index contributed by atoms with van der Waals surface area (Å²) < 4.78 is 0.770. The van der Waals surface area contributed by atoms with Crippen molar-refractivity contribution in [3.63, 3.8) is 0 Å². The fourth-order valence-electron chi connectivity index (χ4n) is 2.40. The molecule has 0 aliphatic rings. The zero-order chi connectivity index (χ0) is 19.1. The largest absolute Gasteiger partial charge is 0.368 e. The Balaban J connectivity index is 1.53. The number of carbonyl (C=O) groups is 1. The molecule has 1 aromatic carbocycles. The number of halogens is 1. The molecule has 0 spiro atoms. The molecule has 7 nitrogen and oxygen atoms in total. The van der Waals surface area contributed by atoms with E-state index in [1.165, 1.54) is 0 Å². The van der Waals surface area contributed by atoms with Crippen molar-refractivity contribution in [1.29, 1.82) is 0 Å². The van der Waals surface area contributed by atoms with Crippen LogP contribution in [0.15, 0.2) is 59.2 Å². The quantitative estimate of drug-likeness (QED) is 0.500. The predicted molar refractivity (Wildman–Crippen MR) is 109 cm³/mol. The number of anilines is 3. The SMILES string of the molecule is Cc1nc(NCCNC(=O)c2ccccc2Br)cc(Nc2ccccn2)n1. The van der Waals surface area contributed by atoms with Crippen LogP contribution in [0.5, 0.6) is 0 Å². The van der Waals surface area contributed by atoms with Gasteiger partial charge in [0.15, 0.2) is 0 Å². The van der Waals surface area contributed by atoms with Gasteiger partial charge < -0.3 is 16.0 Å². The van der Waals surface area contributed by atoms with Gasteiger partial charge in [0.25, 0.3) is 5.91 Å². The molecule has 3 aromatic rings. The molecule has 0 radical (unpaired) electrons. The summed E-state index contributed by atoms with van der Waals surface area (Å²) in [5.41, 5.74) is 0.609. The molecule has 0 aliphatic heterocycles. The van der Waals surface area contributed by atoms with Crippen molar-refractivity contribution in [2.75, 3.05) is 23.7 Å². The van der Waals surface area contributed by atoms with Gasteiger partial charge in [0, 0.05) is 29.8 Å². The van der Waals surface area contributed by atoms with Gasteiger partial charge in [-0.25, -0.2) is 15.0 Å². The van der Waals surface area contributed by atoms with E-state index in [0.29, 0.717) is 41.9 Å². The molecule has 0 bridgehead atoms. The Kier molecular flexibility index (Phi) is 6.32. The third kappa shape index (κ3) is 5.49. The summed E-state index contributed by atoms with van der Waals surface area (Å²) in [4.78, 5) is 25.1. The highest BCUT2D eigenvalue weighted by Gasteiger charge is 2.08. The maximum Gasteiger partial charge on any atom is 0.252 e. The van der Waals surface area contributed by atoms with E-state index in [4.69, 9.17) is 0 Å². The Morgan fingerprint density at radius 1 is 1.00 bits per heavy atom. The summed E-state index contributed by atoms with van der Waals surface area (Å²) >= 11 is 3.38. The first-order valence-electron chi connectivity index (χ1n) is 8.42. The van der Waals surface area contributed by atoms with Gasteiger partial charge in [0.1, 0.15) is 23.3 Å². The minimum Gasteiger partial charge on any atom is -0.368 e. The van der Waals surface area contributed by atoms with Crippen LogP contribution in [0.1, 0.15) is 16.2 Å². The monoisotopic (exact) mass is 426 g/mol. The zero-order valence-electron chi connectivity index (χ0n) is 14.7. The van der Waals surface area contributed by atoms with Crippen LogP contribution in [0.2, 0.25) is 0 Å². The highest BCUT2D eigenvalue weighted by Crippen LogP contribution is 2.16.